The normalized spacial score (nSPS) is 12.0. The number of benzene rings is 3. The number of nitrogens with one attached hydrogen (secondary N) is 2. The zero-order chi connectivity index (χ0) is 33.6. The van der Waals surface area contributed by atoms with Crippen LogP contribution in [0.4, 0.5) is 31.7 Å². The highest BCUT2D eigenvalue weighted by Crippen LogP contribution is 2.40. The number of aromatic nitrogens is 2. The van der Waals surface area contributed by atoms with E-state index in [1.165, 1.54) is 18.2 Å². The summed E-state index contributed by atoms with van der Waals surface area (Å²) in [4.78, 5) is 17.3. The molecule has 4 aromatic rings. The molecule has 1 heterocycles. The zero-order valence-electron chi connectivity index (χ0n) is 22.7. The number of halogens is 3. The number of carboxylic acid groups (broad SMARTS) is 1. The first-order valence-corrected chi connectivity index (χ1v) is 14.7. The Morgan fingerprint density at radius 3 is 2.43 bits per heavy atom. The van der Waals surface area contributed by atoms with Gasteiger partial charge in [0.05, 0.1) is 33.9 Å². The summed E-state index contributed by atoms with van der Waals surface area (Å²) >= 11 is 6.31. The van der Waals surface area contributed by atoms with Gasteiger partial charge in [0.1, 0.15) is 10.7 Å². The molecule has 0 aliphatic heterocycles. The van der Waals surface area contributed by atoms with Gasteiger partial charge in [-0.05, 0) is 37.3 Å². The van der Waals surface area contributed by atoms with E-state index in [0.29, 0.717) is 23.7 Å². The summed E-state index contributed by atoms with van der Waals surface area (Å²) in [5, 5.41) is 45.8. The molecule has 0 saturated carbocycles. The minimum absolute atomic E-state index is 0.0669. The molecule has 3 aromatic carbocycles. The molecule has 0 spiro atoms. The van der Waals surface area contributed by atoms with E-state index in [1.807, 2.05) is 0 Å². The molecule has 0 amide bonds. The van der Waals surface area contributed by atoms with Crippen molar-refractivity contribution in [3.8, 4) is 5.75 Å². The number of phenolic OH excluding ortho intramolecular Hbond substituents is 1. The van der Waals surface area contributed by atoms with E-state index < -0.39 is 61.0 Å². The number of aromatic carboxylic acids is 1. The fourth-order valence-corrected chi connectivity index (χ4v) is 4.55. The molecule has 0 unspecified atom stereocenters. The highest BCUT2D eigenvalue weighted by atomic mass is 35.5. The number of phenols is 1. The van der Waals surface area contributed by atoms with Crippen LogP contribution in [0.1, 0.15) is 21.5 Å². The summed E-state index contributed by atoms with van der Waals surface area (Å²) < 4.78 is 65.5. The summed E-state index contributed by atoms with van der Waals surface area (Å²) in [6.45, 7) is 1.80. The fourth-order valence-electron chi connectivity index (χ4n) is 3.49. The third-order valence-corrected chi connectivity index (χ3v) is 7.37. The summed E-state index contributed by atoms with van der Waals surface area (Å²) in [7, 11) is -4.95. The molecule has 0 bridgehead atoms. The van der Waals surface area contributed by atoms with E-state index in [1.54, 1.807) is 31.2 Å². The predicted molar refractivity (Wildman–Crippen MR) is 158 cm³/mol. The minimum Gasteiger partial charge on any atom is -0.504 e. The van der Waals surface area contributed by atoms with E-state index in [2.05, 4.69) is 45.4 Å². The Hall–Kier alpha value is -4.83. The van der Waals surface area contributed by atoms with Crippen molar-refractivity contribution < 1.29 is 51.4 Å². The Morgan fingerprint density at radius 2 is 1.78 bits per heavy atom. The van der Waals surface area contributed by atoms with Gasteiger partial charge >= 0.3 is 12.0 Å². The summed E-state index contributed by atoms with van der Waals surface area (Å²) in [5.41, 5.74) is 2.25. The molecule has 0 atom stereocenters. The number of rotatable bonds is 11. The molecule has 0 aliphatic carbocycles. The van der Waals surface area contributed by atoms with Crippen molar-refractivity contribution >= 4 is 68.4 Å². The van der Waals surface area contributed by atoms with Gasteiger partial charge in [0.15, 0.2) is 11.6 Å². The average molecular weight is 698 g/mol. The lowest BCUT2D eigenvalue weighted by Crippen LogP contribution is -2.06. The lowest BCUT2D eigenvalue weighted by molar-refractivity contribution is -0.432. The largest absolute Gasteiger partial charge is 0.504 e. The maximum absolute atomic E-state index is 13.9. The quantitative estimate of drug-likeness (QED) is 0.00993. The molecule has 6 N–H and O–H groups in total. The molecular weight excluding hydrogens is 680 g/mol. The van der Waals surface area contributed by atoms with Crippen molar-refractivity contribution in [3.05, 3.63) is 88.3 Å². The van der Waals surface area contributed by atoms with E-state index in [-0.39, 0.29) is 22.0 Å². The minimum atomic E-state index is -4.95. The molecule has 1 aromatic heterocycles. The van der Waals surface area contributed by atoms with Crippen molar-refractivity contribution in [2.75, 3.05) is 10.7 Å². The number of carboxylic acids is 1. The van der Waals surface area contributed by atoms with Gasteiger partial charge in [-0.1, -0.05) is 46.5 Å². The second-order valence-electron chi connectivity index (χ2n) is 8.74. The molecule has 46 heavy (non-hydrogen) atoms. The van der Waals surface area contributed by atoms with Gasteiger partial charge in [-0.25, -0.2) is 10.1 Å². The molecule has 0 radical (unpaired) electrons. The monoisotopic (exact) mass is 697 g/mol. The van der Waals surface area contributed by atoms with Gasteiger partial charge in [0, 0.05) is 10.5 Å². The third-order valence-electron chi connectivity index (χ3n) is 5.62. The van der Waals surface area contributed by atoms with Crippen LogP contribution in [0.2, 0.25) is 5.02 Å². The molecule has 0 fully saturated rings. The van der Waals surface area contributed by atoms with Gasteiger partial charge in [0.25, 0.3) is 10.1 Å². The number of hydrogen-bond donors (Lipinski definition) is 6. The Labute approximate surface area is 266 Å². The molecule has 16 nitrogen and oxygen atoms in total. The Morgan fingerprint density at radius 1 is 1.07 bits per heavy atom. The highest BCUT2D eigenvalue weighted by molar-refractivity contribution is 7.94. The van der Waals surface area contributed by atoms with Gasteiger partial charge in [0.2, 0.25) is 11.8 Å². The van der Waals surface area contributed by atoms with Crippen LogP contribution in [0, 0.1) is 18.9 Å². The van der Waals surface area contributed by atoms with Gasteiger partial charge in [-0.15, -0.1) is 14.6 Å². The second kappa shape index (κ2) is 14.5. The number of anilines is 3. The first-order chi connectivity index (χ1) is 21.8. The topological polar surface area (TPSA) is 238 Å². The lowest BCUT2D eigenvalue weighted by Gasteiger charge is -2.12. The third kappa shape index (κ3) is 8.45. The Kier molecular flexibility index (Phi) is 10.7. The first-order valence-electron chi connectivity index (χ1n) is 12.1. The predicted octanol–water partition coefficient (Wildman–Crippen LogP) is 6.10. The summed E-state index contributed by atoms with van der Waals surface area (Å²) in [5.74, 6) is -4.54. The van der Waals surface area contributed by atoms with Crippen molar-refractivity contribution in [1.82, 2.24) is 9.97 Å². The SMILES string of the molecule is Cc1ccc(/C(N=Nc2cc(S(=O)(=O)O)cc(Nc3nc(F)nc(F)c3Cl)c2O)=N/Nc2cc(SOOO)ccc2C(=O)O)cc1. The van der Waals surface area contributed by atoms with E-state index in [9.17, 15) is 36.8 Å². The van der Waals surface area contributed by atoms with Gasteiger partial charge in [-0.2, -0.15) is 32.3 Å². The number of carbonyl (C=O) groups is 1. The van der Waals surface area contributed by atoms with Crippen molar-refractivity contribution in [1.29, 1.82) is 0 Å². The van der Waals surface area contributed by atoms with Crippen LogP contribution in [-0.2, 0) is 19.5 Å². The van der Waals surface area contributed by atoms with E-state index in [4.69, 9.17) is 16.9 Å². The van der Waals surface area contributed by atoms with Crippen LogP contribution in [-0.4, -0.2) is 50.2 Å². The van der Waals surface area contributed by atoms with Gasteiger partial charge < -0.3 is 15.5 Å². The van der Waals surface area contributed by atoms with Gasteiger partial charge in [-0.3, -0.25) is 9.98 Å². The molecule has 240 valence electrons. The van der Waals surface area contributed by atoms with E-state index in [0.717, 1.165) is 11.6 Å². The van der Waals surface area contributed by atoms with Crippen molar-refractivity contribution in [3.63, 3.8) is 0 Å². The summed E-state index contributed by atoms with van der Waals surface area (Å²) in [6, 6.07) is 11.8. The second-order valence-corrected chi connectivity index (χ2v) is 11.3. The van der Waals surface area contributed by atoms with Crippen molar-refractivity contribution in [2.45, 2.75) is 16.7 Å². The van der Waals surface area contributed by atoms with Crippen LogP contribution in [0.25, 0.3) is 0 Å². The van der Waals surface area contributed by atoms with Crippen LogP contribution < -0.4 is 10.7 Å². The number of aryl methyl sites for hydroxylation is 1. The maximum Gasteiger partial charge on any atom is 0.337 e. The standard InChI is InChI=1S/C25H18ClF2N7O9S2/c1-11-2-4-12(5-3-11)22(34-32-16-8-13(45-44-43-39)6-7-15(16)24(37)38)35-33-18-10-14(46(40,41)42)9-17(20(18)36)29-23-19(26)21(27)30-25(28)31-23/h2-10,32,36,39H,1H3,(H,37,38)(H,29,30,31)(H,40,41,42)/b34-22-,35-33?. The summed E-state index contributed by atoms with van der Waals surface area (Å²) in [6.07, 6.45) is -1.54. The molecule has 0 aliphatic rings. The molecule has 0 saturated heterocycles. The fraction of sp³-hybridized carbons (Fsp3) is 0.0400. The number of amidine groups is 1. The Balaban J connectivity index is 1.81. The first kappa shape index (κ1) is 34.1. The maximum atomic E-state index is 13.9. The molecule has 21 heteroatoms. The Bertz CT molecular complexity index is 1970. The number of hydrazone groups is 1. The van der Waals surface area contributed by atoms with Crippen LogP contribution in [0.5, 0.6) is 5.75 Å². The molecule has 4 rings (SSSR count). The number of azo groups is 1. The smallest absolute Gasteiger partial charge is 0.337 e. The van der Waals surface area contributed by atoms with Crippen molar-refractivity contribution in [2.24, 2.45) is 15.3 Å². The van der Waals surface area contributed by atoms with Crippen LogP contribution in [0.3, 0.4) is 0 Å². The van der Waals surface area contributed by atoms with E-state index >= 15 is 0 Å². The lowest BCUT2D eigenvalue weighted by atomic mass is 10.1. The number of nitrogens with zero attached hydrogens (tertiary/aromatic N) is 5. The highest BCUT2D eigenvalue weighted by Gasteiger charge is 2.21. The zero-order valence-corrected chi connectivity index (χ0v) is 25.1. The van der Waals surface area contributed by atoms with Crippen LogP contribution >= 0.6 is 23.6 Å². The van der Waals surface area contributed by atoms with Crippen LogP contribution in [0.15, 0.2) is 79.7 Å². The number of aromatic hydroxyl groups is 1. The average Bonchev–Trinajstić information content (AvgIpc) is 3.00. The molecular formula is C25H18ClF2N7O9S2. The number of hydrogen-bond acceptors (Lipinski definition) is 14.